The SMILES string of the molecule is Cc1c(C(=O)O[C@H](C)C(=O)Nc2ccccc2[N+](=O)[O-])sc2cccc(F)c12. The van der Waals surface area contributed by atoms with Gasteiger partial charge in [-0.1, -0.05) is 18.2 Å². The van der Waals surface area contributed by atoms with Crippen LogP contribution in [-0.2, 0) is 9.53 Å². The van der Waals surface area contributed by atoms with Crippen LogP contribution in [0, 0.1) is 22.9 Å². The molecule has 0 saturated carbocycles. The summed E-state index contributed by atoms with van der Waals surface area (Å²) in [6, 6.07) is 10.2. The van der Waals surface area contributed by atoms with Crippen LogP contribution >= 0.6 is 11.3 Å². The number of nitro groups is 1. The number of amides is 1. The molecule has 0 saturated heterocycles. The van der Waals surface area contributed by atoms with Crippen molar-refractivity contribution in [1.29, 1.82) is 0 Å². The van der Waals surface area contributed by atoms with E-state index >= 15 is 0 Å². The van der Waals surface area contributed by atoms with Crippen molar-refractivity contribution in [2.75, 3.05) is 5.32 Å². The zero-order valence-corrected chi connectivity index (χ0v) is 15.7. The Balaban J connectivity index is 1.76. The smallest absolute Gasteiger partial charge is 0.349 e. The Bertz CT molecular complexity index is 1100. The molecule has 1 amide bonds. The molecule has 1 N–H and O–H groups in total. The molecule has 0 fully saturated rings. The average Bonchev–Trinajstić information content (AvgIpc) is 3.00. The lowest BCUT2D eigenvalue weighted by molar-refractivity contribution is -0.383. The predicted octanol–water partition coefficient (Wildman–Crippen LogP) is 4.44. The number of benzene rings is 2. The summed E-state index contributed by atoms with van der Waals surface area (Å²) < 4.78 is 19.8. The predicted molar refractivity (Wildman–Crippen MR) is 103 cm³/mol. The van der Waals surface area contributed by atoms with Crippen LogP contribution in [0.5, 0.6) is 0 Å². The normalized spacial score (nSPS) is 11.8. The van der Waals surface area contributed by atoms with Crippen LogP contribution in [0.1, 0.15) is 22.2 Å². The highest BCUT2D eigenvalue weighted by molar-refractivity contribution is 7.21. The van der Waals surface area contributed by atoms with Gasteiger partial charge in [-0.3, -0.25) is 14.9 Å². The fourth-order valence-electron chi connectivity index (χ4n) is 2.69. The molecule has 28 heavy (non-hydrogen) atoms. The van der Waals surface area contributed by atoms with E-state index in [1.807, 2.05) is 0 Å². The molecule has 9 heteroatoms. The molecule has 0 aliphatic carbocycles. The number of fused-ring (bicyclic) bond motifs is 1. The van der Waals surface area contributed by atoms with Crippen molar-refractivity contribution in [3.63, 3.8) is 0 Å². The second-order valence-electron chi connectivity index (χ2n) is 5.98. The van der Waals surface area contributed by atoms with Gasteiger partial charge in [0.05, 0.1) is 4.92 Å². The highest BCUT2D eigenvalue weighted by atomic mass is 32.1. The fourth-order valence-corrected chi connectivity index (χ4v) is 3.79. The Morgan fingerprint density at radius 3 is 2.61 bits per heavy atom. The Hall–Kier alpha value is -3.33. The molecule has 0 bridgehead atoms. The van der Waals surface area contributed by atoms with Crippen molar-refractivity contribution >= 4 is 44.7 Å². The number of hydrogen-bond donors (Lipinski definition) is 1. The van der Waals surface area contributed by atoms with Gasteiger partial charge in [-0.25, -0.2) is 9.18 Å². The van der Waals surface area contributed by atoms with Crippen molar-refractivity contribution in [2.45, 2.75) is 20.0 Å². The van der Waals surface area contributed by atoms with E-state index in [0.717, 1.165) is 11.3 Å². The molecule has 3 rings (SSSR count). The number of nitrogens with zero attached hydrogens (tertiary/aromatic N) is 1. The maximum absolute atomic E-state index is 14.0. The average molecular weight is 402 g/mol. The second-order valence-corrected chi connectivity index (χ2v) is 7.03. The summed E-state index contributed by atoms with van der Waals surface area (Å²) in [5.41, 5.74) is 0.167. The van der Waals surface area contributed by atoms with E-state index in [4.69, 9.17) is 4.74 Å². The first kappa shape index (κ1) is 19.4. The van der Waals surface area contributed by atoms with Gasteiger partial charge in [0.15, 0.2) is 6.10 Å². The summed E-state index contributed by atoms with van der Waals surface area (Å²) in [7, 11) is 0. The Morgan fingerprint density at radius 1 is 1.21 bits per heavy atom. The van der Waals surface area contributed by atoms with Crippen LogP contribution in [0.15, 0.2) is 42.5 Å². The molecule has 2 aromatic carbocycles. The summed E-state index contributed by atoms with van der Waals surface area (Å²) in [4.78, 5) is 35.4. The van der Waals surface area contributed by atoms with Gasteiger partial charge in [0, 0.05) is 16.2 Å². The van der Waals surface area contributed by atoms with E-state index in [1.54, 1.807) is 19.1 Å². The van der Waals surface area contributed by atoms with Gasteiger partial charge in [0.2, 0.25) is 0 Å². The fraction of sp³-hybridized carbons (Fsp3) is 0.158. The highest BCUT2D eigenvalue weighted by Gasteiger charge is 2.25. The van der Waals surface area contributed by atoms with Crippen LogP contribution in [0.3, 0.4) is 0 Å². The van der Waals surface area contributed by atoms with Gasteiger partial charge in [-0.2, -0.15) is 0 Å². The van der Waals surface area contributed by atoms with Crippen LogP contribution in [0.2, 0.25) is 0 Å². The number of nitro benzene ring substituents is 1. The van der Waals surface area contributed by atoms with Gasteiger partial charge < -0.3 is 10.1 Å². The minimum Gasteiger partial charge on any atom is -0.448 e. The van der Waals surface area contributed by atoms with Gasteiger partial charge in [0.1, 0.15) is 16.4 Å². The van der Waals surface area contributed by atoms with Crippen LogP contribution in [0.25, 0.3) is 10.1 Å². The van der Waals surface area contributed by atoms with E-state index in [-0.39, 0.29) is 16.3 Å². The number of thiophene rings is 1. The van der Waals surface area contributed by atoms with Crippen LogP contribution in [-0.4, -0.2) is 22.9 Å². The molecule has 144 valence electrons. The third kappa shape index (κ3) is 3.70. The van der Waals surface area contributed by atoms with Crippen molar-refractivity contribution in [3.05, 3.63) is 68.8 Å². The van der Waals surface area contributed by atoms with E-state index < -0.39 is 28.7 Å². The van der Waals surface area contributed by atoms with Crippen LogP contribution in [0.4, 0.5) is 15.8 Å². The quantitative estimate of drug-likeness (QED) is 0.386. The molecule has 0 spiro atoms. The number of rotatable bonds is 5. The lowest BCUT2D eigenvalue weighted by Gasteiger charge is -2.13. The Kier molecular flexibility index (Phi) is 5.36. The zero-order chi connectivity index (χ0) is 20.4. The number of nitrogens with one attached hydrogen (secondary N) is 1. The Labute approximate surface area is 162 Å². The first-order valence-electron chi connectivity index (χ1n) is 8.22. The molecule has 0 radical (unpaired) electrons. The molecule has 1 aromatic heterocycles. The first-order chi connectivity index (χ1) is 13.3. The number of aryl methyl sites for hydroxylation is 1. The van der Waals surface area contributed by atoms with Gasteiger partial charge in [0.25, 0.3) is 11.6 Å². The number of ether oxygens (including phenoxy) is 1. The molecule has 0 aliphatic rings. The number of carbonyl (C=O) groups is 2. The highest BCUT2D eigenvalue weighted by Crippen LogP contribution is 2.33. The molecule has 0 aliphatic heterocycles. The van der Waals surface area contributed by atoms with Crippen molar-refractivity contribution < 1.29 is 23.6 Å². The lowest BCUT2D eigenvalue weighted by Crippen LogP contribution is -2.30. The summed E-state index contributed by atoms with van der Waals surface area (Å²) >= 11 is 1.07. The minimum absolute atomic E-state index is 0.000475. The number of carbonyl (C=O) groups excluding carboxylic acids is 2. The number of anilines is 1. The summed E-state index contributed by atoms with van der Waals surface area (Å²) in [5, 5.41) is 13.8. The second kappa shape index (κ2) is 7.73. The number of para-hydroxylation sites is 2. The molecular weight excluding hydrogens is 387 g/mol. The van der Waals surface area contributed by atoms with Gasteiger partial charge >= 0.3 is 5.97 Å². The van der Waals surface area contributed by atoms with Gasteiger partial charge in [-0.05, 0) is 37.6 Å². The Morgan fingerprint density at radius 2 is 1.93 bits per heavy atom. The third-order valence-electron chi connectivity index (χ3n) is 4.10. The van der Waals surface area contributed by atoms with E-state index in [1.165, 1.54) is 37.3 Å². The minimum atomic E-state index is -1.21. The largest absolute Gasteiger partial charge is 0.448 e. The van der Waals surface area contributed by atoms with E-state index in [9.17, 15) is 24.1 Å². The maximum atomic E-state index is 14.0. The van der Waals surface area contributed by atoms with Crippen molar-refractivity contribution in [3.8, 4) is 0 Å². The molecule has 3 aromatic rings. The summed E-state index contributed by atoms with van der Waals surface area (Å²) in [6.45, 7) is 2.96. The van der Waals surface area contributed by atoms with E-state index in [0.29, 0.717) is 15.6 Å². The molecule has 1 heterocycles. The molecule has 1 atom stereocenters. The first-order valence-corrected chi connectivity index (χ1v) is 9.04. The number of esters is 1. The molecular formula is C19H15FN2O5S. The monoisotopic (exact) mass is 402 g/mol. The zero-order valence-electron chi connectivity index (χ0n) is 14.9. The van der Waals surface area contributed by atoms with Crippen molar-refractivity contribution in [2.24, 2.45) is 0 Å². The number of hydrogen-bond acceptors (Lipinski definition) is 6. The number of halogens is 1. The summed E-state index contributed by atoms with van der Waals surface area (Å²) in [5.74, 6) is -1.91. The van der Waals surface area contributed by atoms with E-state index in [2.05, 4.69) is 5.32 Å². The molecule has 7 nitrogen and oxygen atoms in total. The third-order valence-corrected chi connectivity index (χ3v) is 5.34. The van der Waals surface area contributed by atoms with Gasteiger partial charge in [-0.15, -0.1) is 11.3 Å². The summed E-state index contributed by atoms with van der Waals surface area (Å²) in [6.07, 6.45) is -1.21. The standard InChI is InChI=1S/C19H15FN2O5S/c1-10-16-12(20)6-5-9-15(16)28-17(10)19(24)27-11(2)18(23)21-13-7-3-4-8-14(13)22(25)26/h3-9,11H,1-2H3,(H,21,23)/t11-/m1/s1. The maximum Gasteiger partial charge on any atom is 0.349 e. The topological polar surface area (TPSA) is 98.5 Å². The van der Waals surface area contributed by atoms with Crippen molar-refractivity contribution in [1.82, 2.24) is 0 Å². The molecule has 0 unspecified atom stereocenters. The lowest BCUT2D eigenvalue weighted by atomic mass is 10.1. The van der Waals surface area contributed by atoms with Crippen LogP contribution < -0.4 is 5.32 Å².